The maximum absolute atomic E-state index is 9.55. The molecule has 0 aliphatic carbocycles. The van der Waals surface area contributed by atoms with Crippen LogP contribution in [0, 0.1) is 18.9 Å². The van der Waals surface area contributed by atoms with Crippen molar-refractivity contribution in [2.75, 3.05) is 19.8 Å². The first-order valence-corrected chi connectivity index (χ1v) is 4.48. The lowest BCUT2D eigenvalue weighted by molar-refractivity contribution is -0.0773. The van der Waals surface area contributed by atoms with Gasteiger partial charge in [0.2, 0.25) is 0 Å². The monoisotopic (exact) mass is 206 g/mol. The maximum Gasteiger partial charge on any atom is 0.115 e. The Morgan fingerprint density at radius 3 is 2.07 bits per heavy atom. The van der Waals surface area contributed by atoms with Crippen molar-refractivity contribution < 1.29 is 25.2 Å². The van der Waals surface area contributed by atoms with Gasteiger partial charge in [-0.15, -0.1) is 0 Å². The summed E-state index contributed by atoms with van der Waals surface area (Å²) in [6.45, 7) is 0.964. The van der Waals surface area contributed by atoms with Crippen LogP contribution in [0.4, 0.5) is 0 Å². The van der Waals surface area contributed by atoms with Crippen molar-refractivity contribution in [2.45, 2.75) is 19.1 Å². The minimum absolute atomic E-state index is 0.0487. The molecule has 0 aliphatic rings. The molecule has 5 heteroatoms. The number of aliphatic hydroxyl groups excluding tert-OH is 4. The molecule has 0 amide bonds. The largest absolute Gasteiger partial charge is 0.396 e. The van der Waals surface area contributed by atoms with Crippen LogP contribution < -0.4 is 0 Å². The van der Waals surface area contributed by atoms with Crippen molar-refractivity contribution >= 4 is 0 Å². The summed E-state index contributed by atoms with van der Waals surface area (Å²) < 4.78 is 4.29. The van der Waals surface area contributed by atoms with E-state index in [9.17, 15) is 10.2 Å². The van der Waals surface area contributed by atoms with Crippen LogP contribution in [0.5, 0.6) is 0 Å². The second-order valence-corrected chi connectivity index (χ2v) is 3.42. The fourth-order valence-electron chi connectivity index (χ4n) is 1.11. The van der Waals surface area contributed by atoms with Crippen molar-refractivity contribution in [1.29, 1.82) is 0 Å². The van der Waals surface area contributed by atoms with Crippen LogP contribution in [-0.4, -0.2) is 52.5 Å². The summed E-state index contributed by atoms with van der Waals surface area (Å²) in [5, 5.41) is 36.7. The van der Waals surface area contributed by atoms with Gasteiger partial charge in [0, 0.05) is 18.4 Å². The molecule has 4 unspecified atom stereocenters. The van der Waals surface area contributed by atoms with E-state index in [0.717, 1.165) is 0 Å². The first-order valence-electron chi connectivity index (χ1n) is 4.48. The minimum Gasteiger partial charge on any atom is -0.396 e. The zero-order chi connectivity index (χ0) is 11.1. The smallest absolute Gasteiger partial charge is 0.115 e. The van der Waals surface area contributed by atoms with Gasteiger partial charge in [-0.05, 0) is 0 Å². The third-order valence-corrected chi connectivity index (χ3v) is 2.25. The Morgan fingerprint density at radius 2 is 1.71 bits per heavy atom. The molecule has 0 aromatic rings. The molecule has 0 aromatic heterocycles. The average molecular weight is 206 g/mol. The minimum atomic E-state index is -1.16. The molecule has 0 fully saturated rings. The predicted molar refractivity (Wildman–Crippen MR) is 49.1 cm³/mol. The van der Waals surface area contributed by atoms with Gasteiger partial charge in [-0.3, -0.25) is 0 Å². The first kappa shape index (κ1) is 13.8. The number of hydrogen-bond donors (Lipinski definition) is 4. The van der Waals surface area contributed by atoms with Gasteiger partial charge in [-0.2, -0.15) is 0 Å². The number of hydrogen-bond acceptors (Lipinski definition) is 5. The van der Waals surface area contributed by atoms with E-state index in [1.165, 1.54) is 0 Å². The van der Waals surface area contributed by atoms with Crippen LogP contribution in [0.1, 0.15) is 6.92 Å². The Labute approximate surface area is 83.9 Å². The predicted octanol–water partition coefficient (Wildman–Crippen LogP) is -1.37. The van der Waals surface area contributed by atoms with E-state index in [1.54, 1.807) is 6.92 Å². The highest BCUT2D eigenvalue weighted by Gasteiger charge is 2.29. The van der Waals surface area contributed by atoms with Gasteiger partial charge in [0.1, 0.15) is 7.11 Å². The molecule has 84 valence electrons. The molecule has 4 atom stereocenters. The van der Waals surface area contributed by atoms with Gasteiger partial charge in [-0.25, -0.2) is 0 Å². The molecule has 14 heavy (non-hydrogen) atoms. The number of ether oxygens (including phenoxy) is 1. The van der Waals surface area contributed by atoms with Crippen molar-refractivity contribution in [3.63, 3.8) is 0 Å². The molecule has 0 aliphatic heterocycles. The lowest BCUT2D eigenvalue weighted by Crippen LogP contribution is -2.42. The van der Waals surface area contributed by atoms with Crippen molar-refractivity contribution in [1.82, 2.24) is 0 Å². The molecule has 0 saturated heterocycles. The van der Waals surface area contributed by atoms with Crippen LogP contribution >= 0.6 is 0 Å². The fourth-order valence-corrected chi connectivity index (χ4v) is 1.11. The molecular formula is C9H18O5. The van der Waals surface area contributed by atoms with Crippen LogP contribution in [0.25, 0.3) is 0 Å². The zero-order valence-corrected chi connectivity index (χ0v) is 8.21. The highest BCUT2D eigenvalue weighted by atomic mass is 16.5. The van der Waals surface area contributed by atoms with Crippen LogP contribution in [-0.2, 0) is 4.74 Å². The van der Waals surface area contributed by atoms with E-state index in [4.69, 9.17) is 17.3 Å². The second kappa shape index (κ2) is 7.14. The second-order valence-electron chi connectivity index (χ2n) is 3.42. The molecular weight excluding hydrogens is 188 g/mol. The zero-order valence-electron chi connectivity index (χ0n) is 8.21. The molecule has 4 N–H and O–H groups in total. The molecule has 5 nitrogen and oxygen atoms in total. The molecule has 0 heterocycles. The molecule has 0 saturated carbocycles. The third-order valence-electron chi connectivity index (χ3n) is 2.25. The fraction of sp³-hybridized carbons (Fsp3) is 0.889. The summed E-state index contributed by atoms with van der Waals surface area (Å²) in [6, 6.07) is 0. The topological polar surface area (TPSA) is 90.2 Å². The summed E-state index contributed by atoms with van der Waals surface area (Å²) in [4.78, 5) is 0. The number of rotatable bonds is 7. The van der Waals surface area contributed by atoms with Crippen LogP contribution in [0.3, 0.4) is 0 Å². The lowest BCUT2D eigenvalue weighted by Gasteiger charge is -2.27. The van der Waals surface area contributed by atoms with Crippen LogP contribution in [0.2, 0.25) is 0 Å². The van der Waals surface area contributed by atoms with E-state index in [-0.39, 0.29) is 19.8 Å². The Balaban J connectivity index is 4.17. The first-order chi connectivity index (χ1) is 6.58. The quantitative estimate of drug-likeness (QED) is 0.412. The third kappa shape index (κ3) is 3.89. The Morgan fingerprint density at radius 1 is 1.14 bits per heavy atom. The van der Waals surface area contributed by atoms with Gasteiger partial charge < -0.3 is 25.2 Å². The summed E-state index contributed by atoms with van der Waals surface area (Å²) >= 11 is 0. The highest BCUT2D eigenvalue weighted by Crippen LogP contribution is 2.14. The molecule has 0 aromatic carbocycles. The van der Waals surface area contributed by atoms with Gasteiger partial charge in [0.25, 0.3) is 0 Å². The Bertz CT molecular complexity index is 139. The van der Waals surface area contributed by atoms with Crippen molar-refractivity contribution in [3.8, 4) is 0 Å². The summed E-state index contributed by atoms with van der Waals surface area (Å²) in [5.41, 5.74) is 0. The van der Waals surface area contributed by atoms with E-state index in [2.05, 4.69) is 4.74 Å². The normalized spacial score (nSPS) is 20.1. The SMILES string of the molecule is [CH]OCC(CO)C(O)C(O)C(C)CO. The van der Waals surface area contributed by atoms with Gasteiger partial charge >= 0.3 is 0 Å². The standard InChI is InChI=1S/C9H18O5/c1-6(3-10)8(12)9(13)7(4-11)5-14-2/h2,6-13H,3-5H2,1H3. The Hall–Kier alpha value is -0.200. The summed E-state index contributed by atoms with van der Waals surface area (Å²) in [5.74, 6) is -1.11. The van der Waals surface area contributed by atoms with E-state index < -0.39 is 24.0 Å². The lowest BCUT2D eigenvalue weighted by atomic mass is 9.92. The molecule has 0 spiro atoms. The summed E-state index contributed by atoms with van der Waals surface area (Å²) in [7, 11) is 4.80. The van der Waals surface area contributed by atoms with Crippen molar-refractivity contribution in [3.05, 3.63) is 7.11 Å². The van der Waals surface area contributed by atoms with Gasteiger partial charge in [-0.1, -0.05) is 6.92 Å². The maximum atomic E-state index is 9.55. The van der Waals surface area contributed by atoms with E-state index in [1.807, 2.05) is 0 Å². The molecule has 0 bridgehead atoms. The van der Waals surface area contributed by atoms with E-state index in [0.29, 0.717) is 0 Å². The molecule has 2 radical (unpaired) electrons. The highest BCUT2D eigenvalue weighted by molar-refractivity contribution is 4.78. The van der Waals surface area contributed by atoms with Crippen molar-refractivity contribution in [2.24, 2.45) is 11.8 Å². The van der Waals surface area contributed by atoms with Gasteiger partial charge in [0.15, 0.2) is 0 Å². The average Bonchev–Trinajstić information content (AvgIpc) is 2.22. The number of aliphatic hydroxyl groups is 4. The van der Waals surface area contributed by atoms with Crippen LogP contribution in [0.15, 0.2) is 0 Å². The van der Waals surface area contributed by atoms with E-state index >= 15 is 0 Å². The summed E-state index contributed by atoms with van der Waals surface area (Å²) in [6.07, 6.45) is -2.27. The molecule has 0 rings (SSSR count). The van der Waals surface area contributed by atoms with Gasteiger partial charge in [0.05, 0.1) is 25.4 Å². The Kier molecular flexibility index (Phi) is 7.04.